The Morgan fingerprint density at radius 1 is 1.32 bits per heavy atom. The molecule has 1 aliphatic carbocycles. The minimum Gasteiger partial charge on any atom is -0.497 e. The number of carbonyl (C=O) groups is 1. The summed E-state index contributed by atoms with van der Waals surface area (Å²) in [7, 11) is 5.49. The van der Waals surface area contributed by atoms with Crippen molar-refractivity contribution < 1.29 is 9.53 Å². The summed E-state index contributed by atoms with van der Waals surface area (Å²) < 4.78 is 5.24. The van der Waals surface area contributed by atoms with Gasteiger partial charge in [-0.15, -0.1) is 0 Å². The van der Waals surface area contributed by atoms with E-state index in [0.717, 1.165) is 23.4 Å². The van der Waals surface area contributed by atoms with E-state index in [1.54, 1.807) is 13.2 Å². The van der Waals surface area contributed by atoms with Gasteiger partial charge in [-0.2, -0.15) is 0 Å². The predicted molar refractivity (Wildman–Crippen MR) is 74.9 cm³/mol. The zero-order chi connectivity index (χ0) is 13.8. The molecular formula is C15H20N2O2. The van der Waals surface area contributed by atoms with E-state index < -0.39 is 0 Å². The first kappa shape index (κ1) is 13.6. The lowest BCUT2D eigenvalue weighted by Crippen LogP contribution is -2.32. The molecule has 1 atom stereocenters. The van der Waals surface area contributed by atoms with Gasteiger partial charge in [-0.25, -0.2) is 5.01 Å². The molecule has 2 rings (SSSR count). The number of hydrazine groups is 1. The molecule has 1 aromatic carbocycles. The molecule has 0 radical (unpaired) electrons. The predicted octanol–water partition coefficient (Wildman–Crippen LogP) is 2.09. The van der Waals surface area contributed by atoms with Gasteiger partial charge in [0.1, 0.15) is 5.75 Å². The number of benzene rings is 1. The number of rotatable bonds is 4. The smallest absolute Gasteiger partial charge is 0.158 e. The number of hydrogen-bond donors (Lipinski definition) is 1. The molecule has 0 bridgehead atoms. The lowest BCUT2D eigenvalue weighted by Gasteiger charge is -2.25. The Kier molecular flexibility index (Phi) is 4.22. The third kappa shape index (κ3) is 3.58. The highest BCUT2D eigenvalue weighted by Crippen LogP contribution is 2.32. The van der Waals surface area contributed by atoms with Gasteiger partial charge in [-0.05, 0) is 30.0 Å². The lowest BCUT2D eigenvalue weighted by molar-refractivity contribution is -0.115. The number of carbonyl (C=O) groups excluding carboxylic acids is 1. The Morgan fingerprint density at radius 2 is 2.11 bits per heavy atom. The van der Waals surface area contributed by atoms with Crippen LogP contribution in [-0.2, 0) is 4.79 Å². The van der Waals surface area contributed by atoms with Crippen LogP contribution in [-0.4, -0.2) is 32.0 Å². The first-order chi connectivity index (χ1) is 9.08. The number of nitrogens with zero attached hydrogens (tertiary/aromatic N) is 1. The Hall–Kier alpha value is -1.81. The van der Waals surface area contributed by atoms with Crippen molar-refractivity contribution in [1.29, 1.82) is 0 Å². The monoisotopic (exact) mass is 260 g/mol. The first-order valence-corrected chi connectivity index (χ1v) is 6.40. The maximum atomic E-state index is 11.8. The fourth-order valence-electron chi connectivity index (χ4n) is 2.39. The average Bonchev–Trinajstić information content (AvgIpc) is 2.37. The second-order valence-electron chi connectivity index (χ2n) is 5.02. The van der Waals surface area contributed by atoms with Gasteiger partial charge < -0.3 is 10.2 Å². The molecule has 1 aliphatic rings. The summed E-state index contributed by atoms with van der Waals surface area (Å²) >= 11 is 0. The molecule has 0 amide bonds. The average molecular weight is 260 g/mol. The highest BCUT2D eigenvalue weighted by molar-refractivity contribution is 5.91. The van der Waals surface area contributed by atoms with Crippen LogP contribution in [0.3, 0.4) is 0 Å². The minimum absolute atomic E-state index is 0.170. The maximum absolute atomic E-state index is 11.8. The zero-order valence-electron chi connectivity index (χ0n) is 11.6. The molecule has 0 saturated heterocycles. The Labute approximate surface area is 114 Å². The fraction of sp³-hybridized carbons (Fsp3) is 0.400. The van der Waals surface area contributed by atoms with Gasteiger partial charge >= 0.3 is 0 Å². The van der Waals surface area contributed by atoms with Crippen molar-refractivity contribution >= 4 is 5.78 Å². The molecule has 0 spiro atoms. The number of allylic oxidation sites excluding steroid dienone is 2. The zero-order valence-corrected chi connectivity index (χ0v) is 11.6. The number of nitrogens with one attached hydrogen (secondary N) is 1. The van der Waals surface area contributed by atoms with Crippen molar-refractivity contribution in [3.63, 3.8) is 0 Å². The first-order valence-electron chi connectivity index (χ1n) is 6.40. The van der Waals surface area contributed by atoms with E-state index in [-0.39, 0.29) is 11.7 Å². The number of methoxy groups -OCH3 is 1. The molecule has 4 heteroatoms. The Bertz CT molecular complexity index is 495. The van der Waals surface area contributed by atoms with E-state index in [0.29, 0.717) is 6.42 Å². The summed E-state index contributed by atoms with van der Waals surface area (Å²) in [4.78, 5) is 11.8. The van der Waals surface area contributed by atoms with E-state index in [1.165, 1.54) is 0 Å². The Balaban J connectivity index is 2.17. The molecule has 0 heterocycles. The molecule has 1 aromatic rings. The normalized spacial score (nSPS) is 19.3. The highest BCUT2D eigenvalue weighted by atomic mass is 16.5. The minimum atomic E-state index is 0.170. The summed E-state index contributed by atoms with van der Waals surface area (Å²) in [6.07, 6.45) is 3.11. The third-order valence-corrected chi connectivity index (χ3v) is 3.18. The van der Waals surface area contributed by atoms with Crippen molar-refractivity contribution in [2.45, 2.75) is 18.8 Å². The van der Waals surface area contributed by atoms with Gasteiger partial charge in [-0.1, -0.05) is 12.1 Å². The summed E-state index contributed by atoms with van der Waals surface area (Å²) in [5, 5.41) is 1.85. The summed E-state index contributed by atoms with van der Waals surface area (Å²) in [5.74, 6) is 1.22. The van der Waals surface area contributed by atoms with Crippen LogP contribution in [0.5, 0.6) is 5.75 Å². The second-order valence-corrected chi connectivity index (χ2v) is 5.02. The largest absolute Gasteiger partial charge is 0.497 e. The van der Waals surface area contributed by atoms with E-state index in [9.17, 15) is 4.79 Å². The van der Waals surface area contributed by atoms with E-state index in [1.807, 2.05) is 37.3 Å². The van der Waals surface area contributed by atoms with E-state index in [2.05, 4.69) is 11.5 Å². The van der Waals surface area contributed by atoms with Gasteiger partial charge in [-0.3, -0.25) is 4.79 Å². The van der Waals surface area contributed by atoms with Crippen LogP contribution >= 0.6 is 0 Å². The third-order valence-electron chi connectivity index (χ3n) is 3.18. The molecule has 0 aromatic heterocycles. The van der Waals surface area contributed by atoms with E-state index >= 15 is 0 Å². The highest BCUT2D eigenvalue weighted by Gasteiger charge is 2.22. The van der Waals surface area contributed by atoms with Crippen LogP contribution in [0.1, 0.15) is 24.3 Å². The van der Waals surface area contributed by atoms with Crippen molar-refractivity contribution in [3.05, 3.63) is 41.6 Å². The van der Waals surface area contributed by atoms with Crippen LogP contribution in [0.4, 0.5) is 0 Å². The topological polar surface area (TPSA) is 41.6 Å². The summed E-state index contributed by atoms with van der Waals surface area (Å²) in [5.41, 5.74) is 5.30. The lowest BCUT2D eigenvalue weighted by atomic mass is 9.85. The van der Waals surface area contributed by atoms with Gasteiger partial charge in [0.05, 0.1) is 7.11 Å². The molecule has 1 unspecified atom stereocenters. The van der Waals surface area contributed by atoms with Gasteiger partial charge in [0.25, 0.3) is 0 Å². The van der Waals surface area contributed by atoms with Crippen molar-refractivity contribution in [3.8, 4) is 5.75 Å². The molecule has 102 valence electrons. The van der Waals surface area contributed by atoms with Crippen molar-refractivity contribution in [1.82, 2.24) is 10.4 Å². The molecule has 1 N–H and O–H groups in total. The molecular weight excluding hydrogens is 240 g/mol. The van der Waals surface area contributed by atoms with Crippen LogP contribution in [0, 0.1) is 0 Å². The standard InChI is InChI=1S/C15H20N2O2/c1-17(2)16-13-7-12(8-14(18)10-13)11-5-4-6-15(9-11)19-3/h4-6,9-10,12,16H,7-8H2,1-3H3. The molecule has 19 heavy (non-hydrogen) atoms. The van der Waals surface area contributed by atoms with Crippen LogP contribution in [0.25, 0.3) is 0 Å². The van der Waals surface area contributed by atoms with Gasteiger partial charge in [0.2, 0.25) is 0 Å². The number of ketones is 1. The summed E-state index contributed by atoms with van der Waals surface area (Å²) in [6, 6.07) is 7.95. The number of hydrogen-bond acceptors (Lipinski definition) is 4. The van der Waals surface area contributed by atoms with Crippen LogP contribution < -0.4 is 10.2 Å². The number of ether oxygens (including phenoxy) is 1. The van der Waals surface area contributed by atoms with Crippen LogP contribution in [0.15, 0.2) is 36.0 Å². The van der Waals surface area contributed by atoms with Crippen molar-refractivity contribution in [2.75, 3.05) is 21.2 Å². The van der Waals surface area contributed by atoms with E-state index in [4.69, 9.17) is 4.74 Å². The maximum Gasteiger partial charge on any atom is 0.158 e. The van der Waals surface area contributed by atoms with Gasteiger partial charge in [0, 0.05) is 32.3 Å². The molecule has 4 nitrogen and oxygen atoms in total. The fourth-order valence-corrected chi connectivity index (χ4v) is 2.39. The van der Waals surface area contributed by atoms with Crippen molar-refractivity contribution in [2.24, 2.45) is 0 Å². The SMILES string of the molecule is COc1cccc(C2CC(=O)C=C(NN(C)C)C2)c1. The van der Waals surface area contributed by atoms with Crippen LogP contribution in [0.2, 0.25) is 0 Å². The molecule has 0 fully saturated rings. The molecule has 0 aliphatic heterocycles. The quantitative estimate of drug-likeness (QED) is 0.842. The van der Waals surface area contributed by atoms with Gasteiger partial charge in [0.15, 0.2) is 5.78 Å². The molecule has 0 saturated carbocycles. The summed E-state index contributed by atoms with van der Waals surface area (Å²) in [6.45, 7) is 0. The second kappa shape index (κ2) is 5.89. The Morgan fingerprint density at radius 3 is 2.79 bits per heavy atom.